The second-order valence-electron chi connectivity index (χ2n) is 9.28. The van der Waals surface area contributed by atoms with Gasteiger partial charge in [0, 0.05) is 40.0 Å². The van der Waals surface area contributed by atoms with E-state index < -0.39 is 21.5 Å². The van der Waals surface area contributed by atoms with Crippen molar-refractivity contribution in [3.63, 3.8) is 0 Å². The fourth-order valence-corrected chi connectivity index (χ4v) is 4.32. The summed E-state index contributed by atoms with van der Waals surface area (Å²) in [6.45, 7) is 2.94. The number of carbonyl (C=O) groups excluding carboxylic acids is 3. The van der Waals surface area contributed by atoms with Gasteiger partial charge < -0.3 is 14.8 Å². The molecule has 1 amide bonds. The normalized spacial score (nSPS) is 13.4. The van der Waals surface area contributed by atoms with Gasteiger partial charge in [-0.05, 0) is 44.2 Å². The predicted molar refractivity (Wildman–Crippen MR) is 150 cm³/mol. The molecule has 0 saturated carbocycles. The van der Waals surface area contributed by atoms with Crippen LogP contribution >= 0.6 is 0 Å². The van der Waals surface area contributed by atoms with E-state index in [4.69, 9.17) is 14.0 Å². The van der Waals surface area contributed by atoms with Gasteiger partial charge in [-0.2, -0.15) is 8.42 Å². The summed E-state index contributed by atoms with van der Waals surface area (Å²) >= 11 is 0. The molecule has 2 rings (SSSR count). The van der Waals surface area contributed by atoms with Gasteiger partial charge in [0.1, 0.15) is 11.7 Å². The highest BCUT2D eigenvalue weighted by Crippen LogP contribution is 2.25. The lowest BCUT2D eigenvalue weighted by molar-refractivity contribution is -0.139. The molecule has 10 heteroatoms. The zero-order valence-electron chi connectivity index (χ0n) is 23.2. The Balaban J connectivity index is 0.000000487. The van der Waals surface area contributed by atoms with Gasteiger partial charge in [-0.3, -0.25) is 18.9 Å². The number of unbranched alkanes of at least 4 members (excludes halogenated alkanes) is 1. The molecule has 2 aromatic carbocycles. The lowest BCUT2D eigenvalue weighted by Gasteiger charge is -2.30. The topological polar surface area (TPSA) is 136 Å². The molecule has 0 fully saturated rings. The zero-order chi connectivity index (χ0) is 29.3. The maximum absolute atomic E-state index is 12.2. The van der Waals surface area contributed by atoms with Crippen LogP contribution in [-0.2, 0) is 46.8 Å². The van der Waals surface area contributed by atoms with Gasteiger partial charge in [-0.15, -0.1) is 0 Å². The number of methoxy groups -OCH3 is 2. The Kier molecular flexibility index (Phi) is 15.4. The number of hydrogen-bond donors (Lipinski definition) is 2. The zero-order valence-corrected chi connectivity index (χ0v) is 24.0. The second-order valence-corrected chi connectivity index (χ2v) is 10.9. The largest absolute Gasteiger partial charge is 0.373 e. The maximum Gasteiger partial charge on any atom is 0.266 e. The summed E-state index contributed by atoms with van der Waals surface area (Å²) in [7, 11) is -0.991. The van der Waals surface area contributed by atoms with E-state index in [1.54, 1.807) is 14.0 Å². The predicted octanol–water partition coefficient (Wildman–Crippen LogP) is 3.60. The quantitative estimate of drug-likeness (QED) is 0.234. The lowest BCUT2D eigenvalue weighted by atomic mass is 9.85. The summed E-state index contributed by atoms with van der Waals surface area (Å²) in [4.78, 5) is 34.9. The van der Waals surface area contributed by atoms with Crippen LogP contribution in [0.1, 0.15) is 50.7 Å². The first-order chi connectivity index (χ1) is 18.4. The highest BCUT2D eigenvalue weighted by atomic mass is 32.2. The molecule has 0 heterocycles. The first-order valence-corrected chi connectivity index (χ1v) is 14.4. The Morgan fingerprint density at radius 3 is 1.95 bits per heavy atom. The van der Waals surface area contributed by atoms with Crippen LogP contribution in [0.5, 0.6) is 0 Å². The standard InChI is InChI=1S/C18H27NO6S.C11H14O2/c1-15(20)18(25-2,14-16-8-4-3-5-9-16)11-7-6-10-17(21)19-12-13-26(22,23)24;1-9(12)11(13-2)8-10-6-4-3-5-7-10/h3-5,8-9H,6-7,10-14H2,1-2H3,(H,19,21)(H,22,23,24);3-7,11H,8H2,1-2H3. The van der Waals surface area contributed by atoms with Crippen molar-refractivity contribution in [3.05, 3.63) is 71.8 Å². The Morgan fingerprint density at radius 2 is 1.49 bits per heavy atom. The van der Waals surface area contributed by atoms with Crippen LogP contribution in [0.15, 0.2) is 60.7 Å². The van der Waals surface area contributed by atoms with Gasteiger partial charge in [-0.25, -0.2) is 0 Å². The molecular weight excluding hydrogens is 522 g/mol. The van der Waals surface area contributed by atoms with E-state index in [1.165, 1.54) is 14.0 Å². The molecule has 0 aliphatic heterocycles. The molecule has 0 aromatic heterocycles. The number of nitrogens with one attached hydrogen (secondary N) is 1. The van der Waals surface area contributed by atoms with Crippen LogP contribution < -0.4 is 5.32 Å². The number of benzene rings is 2. The van der Waals surface area contributed by atoms with E-state index in [9.17, 15) is 22.8 Å². The Labute approximate surface area is 232 Å². The van der Waals surface area contributed by atoms with E-state index in [-0.39, 0.29) is 36.5 Å². The molecule has 0 aliphatic carbocycles. The van der Waals surface area contributed by atoms with Crippen molar-refractivity contribution < 1.29 is 36.8 Å². The molecule has 0 aliphatic rings. The van der Waals surface area contributed by atoms with Crippen LogP contribution in [0.3, 0.4) is 0 Å². The van der Waals surface area contributed by atoms with Gasteiger partial charge in [0.05, 0.1) is 5.75 Å². The van der Waals surface area contributed by atoms with Crippen molar-refractivity contribution in [1.29, 1.82) is 0 Å². The van der Waals surface area contributed by atoms with Crippen LogP contribution in [0, 0.1) is 0 Å². The highest BCUT2D eigenvalue weighted by Gasteiger charge is 2.35. The van der Waals surface area contributed by atoms with Crippen molar-refractivity contribution in [3.8, 4) is 0 Å². The monoisotopic (exact) mass is 563 g/mol. The van der Waals surface area contributed by atoms with E-state index in [0.29, 0.717) is 32.1 Å². The van der Waals surface area contributed by atoms with Crippen molar-refractivity contribution in [1.82, 2.24) is 5.32 Å². The molecule has 0 saturated heterocycles. The van der Waals surface area contributed by atoms with E-state index >= 15 is 0 Å². The highest BCUT2D eigenvalue weighted by molar-refractivity contribution is 7.85. The third-order valence-electron chi connectivity index (χ3n) is 6.28. The lowest BCUT2D eigenvalue weighted by Crippen LogP contribution is -2.41. The summed E-state index contributed by atoms with van der Waals surface area (Å²) < 4.78 is 40.4. The van der Waals surface area contributed by atoms with Crippen LogP contribution in [-0.4, -0.2) is 68.7 Å². The van der Waals surface area contributed by atoms with E-state index in [0.717, 1.165) is 11.1 Å². The SMILES string of the molecule is COC(CCCCC(=O)NCCS(=O)(=O)O)(Cc1ccccc1)C(C)=O.COC(Cc1ccccc1)C(C)=O. The number of hydrogen-bond acceptors (Lipinski definition) is 7. The fourth-order valence-electron chi connectivity index (χ4n) is 3.96. The minimum absolute atomic E-state index is 0.0542. The molecular formula is C29H41NO8S. The molecule has 2 unspecified atom stereocenters. The number of carbonyl (C=O) groups is 3. The van der Waals surface area contributed by atoms with Gasteiger partial charge in [-0.1, -0.05) is 60.7 Å². The molecule has 0 bridgehead atoms. The van der Waals surface area contributed by atoms with Gasteiger partial charge in [0.15, 0.2) is 11.6 Å². The molecule has 9 nitrogen and oxygen atoms in total. The third-order valence-corrected chi connectivity index (χ3v) is 7.00. The molecule has 216 valence electrons. The minimum Gasteiger partial charge on any atom is -0.373 e. The number of Topliss-reactive ketones (excluding diaryl/α,β-unsaturated/α-hetero) is 2. The van der Waals surface area contributed by atoms with Gasteiger partial charge in [0.2, 0.25) is 5.91 Å². The summed E-state index contributed by atoms with van der Waals surface area (Å²) in [5.41, 5.74) is 1.22. The van der Waals surface area contributed by atoms with E-state index in [2.05, 4.69) is 5.32 Å². The molecule has 2 N–H and O–H groups in total. The fraction of sp³-hybridized carbons (Fsp3) is 0.483. The average molecular weight is 564 g/mol. The maximum atomic E-state index is 12.2. The third kappa shape index (κ3) is 14.2. The summed E-state index contributed by atoms with van der Waals surface area (Å²) in [5.74, 6) is -0.775. The van der Waals surface area contributed by atoms with Gasteiger partial charge >= 0.3 is 0 Å². The van der Waals surface area contributed by atoms with Crippen LogP contribution in [0.25, 0.3) is 0 Å². The molecule has 39 heavy (non-hydrogen) atoms. The smallest absolute Gasteiger partial charge is 0.266 e. The van der Waals surface area contributed by atoms with Crippen molar-refractivity contribution in [2.24, 2.45) is 0 Å². The molecule has 2 atom stereocenters. The van der Waals surface area contributed by atoms with Crippen LogP contribution in [0.4, 0.5) is 0 Å². The Bertz CT molecular complexity index is 1120. The van der Waals surface area contributed by atoms with Crippen LogP contribution in [0.2, 0.25) is 0 Å². The number of rotatable bonds is 16. The average Bonchev–Trinajstić information content (AvgIpc) is 2.89. The van der Waals surface area contributed by atoms with Gasteiger partial charge in [0.25, 0.3) is 10.1 Å². The first kappa shape index (κ1) is 34.1. The van der Waals surface area contributed by atoms with Crippen molar-refractivity contribution >= 4 is 27.6 Å². The number of amides is 1. The molecule has 2 aromatic rings. The first-order valence-electron chi connectivity index (χ1n) is 12.8. The minimum atomic E-state index is -4.08. The second kappa shape index (κ2) is 17.6. The van der Waals surface area contributed by atoms with Crippen molar-refractivity contribution in [2.75, 3.05) is 26.5 Å². The number of ether oxygens (including phenoxy) is 2. The molecule has 0 spiro atoms. The number of ketones is 2. The summed E-state index contributed by atoms with van der Waals surface area (Å²) in [6, 6.07) is 19.5. The Morgan fingerprint density at radius 1 is 0.923 bits per heavy atom. The van der Waals surface area contributed by atoms with Crippen molar-refractivity contribution in [2.45, 2.75) is 64.1 Å². The summed E-state index contributed by atoms with van der Waals surface area (Å²) in [5, 5.41) is 2.44. The molecule has 0 radical (unpaired) electrons. The van der Waals surface area contributed by atoms with E-state index in [1.807, 2.05) is 60.7 Å². The summed E-state index contributed by atoms with van der Waals surface area (Å²) in [6.07, 6.45) is 2.70. The Hall–Kier alpha value is -2.92.